The van der Waals surface area contributed by atoms with Gasteiger partial charge in [0.15, 0.2) is 0 Å². The van der Waals surface area contributed by atoms with E-state index in [0.29, 0.717) is 6.04 Å². The van der Waals surface area contributed by atoms with Crippen molar-refractivity contribution >= 4 is 15.9 Å². The van der Waals surface area contributed by atoms with Crippen LogP contribution in [0.4, 0.5) is 0 Å². The standard InChI is InChI=1S/C16H25BrN2/c1-3-9-19-10-5-4-6-15(18)16(19)13-7-8-14(17)12(2)11-13/h7-8,11,15-16H,3-6,9-10,18H2,1-2H3. The Bertz CT molecular complexity index is 419. The van der Waals surface area contributed by atoms with Crippen LogP contribution in [0.25, 0.3) is 0 Å². The third-order valence-electron chi connectivity index (χ3n) is 4.07. The molecule has 2 N–H and O–H groups in total. The lowest BCUT2D eigenvalue weighted by Gasteiger charge is -2.34. The van der Waals surface area contributed by atoms with E-state index in [4.69, 9.17) is 5.73 Å². The maximum absolute atomic E-state index is 6.47. The van der Waals surface area contributed by atoms with Gasteiger partial charge in [0.1, 0.15) is 0 Å². The van der Waals surface area contributed by atoms with Crippen molar-refractivity contribution in [3.8, 4) is 0 Å². The summed E-state index contributed by atoms with van der Waals surface area (Å²) in [6, 6.07) is 7.33. The predicted octanol–water partition coefficient (Wildman–Crippen LogP) is 4.02. The van der Waals surface area contributed by atoms with Gasteiger partial charge in [0, 0.05) is 16.6 Å². The molecule has 0 bridgehead atoms. The molecule has 0 aliphatic carbocycles. The van der Waals surface area contributed by atoms with Gasteiger partial charge in [-0.25, -0.2) is 0 Å². The fourth-order valence-electron chi connectivity index (χ4n) is 3.11. The lowest BCUT2D eigenvalue weighted by molar-refractivity contribution is 0.186. The summed E-state index contributed by atoms with van der Waals surface area (Å²) in [6.45, 7) is 6.73. The van der Waals surface area contributed by atoms with E-state index >= 15 is 0 Å². The Morgan fingerprint density at radius 3 is 2.84 bits per heavy atom. The second kappa shape index (κ2) is 6.87. The van der Waals surface area contributed by atoms with Crippen LogP contribution in [0.3, 0.4) is 0 Å². The number of benzene rings is 1. The summed E-state index contributed by atoms with van der Waals surface area (Å²) in [5, 5.41) is 0. The van der Waals surface area contributed by atoms with Crippen LogP contribution < -0.4 is 5.73 Å². The number of rotatable bonds is 3. The first-order valence-corrected chi connectivity index (χ1v) is 8.18. The highest BCUT2D eigenvalue weighted by atomic mass is 79.9. The quantitative estimate of drug-likeness (QED) is 0.909. The van der Waals surface area contributed by atoms with Crippen LogP contribution in [0.15, 0.2) is 22.7 Å². The number of aryl methyl sites for hydroxylation is 1. The third-order valence-corrected chi connectivity index (χ3v) is 4.96. The Hall–Kier alpha value is -0.380. The maximum atomic E-state index is 6.47. The van der Waals surface area contributed by atoms with Gasteiger partial charge in [0.25, 0.3) is 0 Å². The zero-order valence-electron chi connectivity index (χ0n) is 12.0. The van der Waals surface area contributed by atoms with Crippen molar-refractivity contribution in [3.63, 3.8) is 0 Å². The molecule has 2 rings (SSSR count). The smallest absolute Gasteiger partial charge is 0.0499 e. The van der Waals surface area contributed by atoms with Gasteiger partial charge in [-0.2, -0.15) is 0 Å². The minimum absolute atomic E-state index is 0.259. The summed E-state index contributed by atoms with van der Waals surface area (Å²) in [4.78, 5) is 2.58. The summed E-state index contributed by atoms with van der Waals surface area (Å²) >= 11 is 3.58. The van der Waals surface area contributed by atoms with Gasteiger partial charge in [0.05, 0.1) is 0 Å². The first kappa shape index (κ1) is 15.0. The Labute approximate surface area is 125 Å². The van der Waals surface area contributed by atoms with Crippen molar-refractivity contribution in [1.82, 2.24) is 4.90 Å². The molecule has 2 unspecified atom stereocenters. The molecule has 1 saturated heterocycles. The Morgan fingerprint density at radius 1 is 1.37 bits per heavy atom. The van der Waals surface area contributed by atoms with Gasteiger partial charge in [-0.1, -0.05) is 41.4 Å². The van der Waals surface area contributed by atoms with Crippen molar-refractivity contribution in [2.24, 2.45) is 5.73 Å². The van der Waals surface area contributed by atoms with Gasteiger partial charge in [-0.15, -0.1) is 0 Å². The highest BCUT2D eigenvalue weighted by Gasteiger charge is 2.28. The molecule has 106 valence electrons. The van der Waals surface area contributed by atoms with Gasteiger partial charge in [-0.3, -0.25) is 4.90 Å². The SMILES string of the molecule is CCCN1CCCCC(N)C1c1ccc(Br)c(C)c1. The van der Waals surface area contributed by atoms with Crippen molar-refractivity contribution in [2.75, 3.05) is 13.1 Å². The molecule has 1 aromatic carbocycles. The average molecular weight is 325 g/mol. The summed E-state index contributed by atoms with van der Waals surface area (Å²) in [7, 11) is 0. The lowest BCUT2D eigenvalue weighted by atomic mass is 9.95. The van der Waals surface area contributed by atoms with Crippen LogP contribution in [0, 0.1) is 6.92 Å². The highest BCUT2D eigenvalue weighted by Crippen LogP contribution is 2.31. The lowest BCUT2D eigenvalue weighted by Crippen LogP contribution is -2.40. The van der Waals surface area contributed by atoms with E-state index in [1.807, 2.05) is 0 Å². The molecule has 0 spiro atoms. The van der Waals surface area contributed by atoms with Gasteiger partial charge < -0.3 is 5.73 Å². The molecule has 1 fully saturated rings. The van der Waals surface area contributed by atoms with E-state index in [1.54, 1.807) is 0 Å². The molecular formula is C16H25BrN2. The number of hydrogen-bond acceptors (Lipinski definition) is 2. The summed E-state index contributed by atoms with van der Waals surface area (Å²) in [5.41, 5.74) is 9.14. The minimum atomic E-state index is 0.259. The fraction of sp³-hybridized carbons (Fsp3) is 0.625. The summed E-state index contributed by atoms with van der Waals surface area (Å²) in [6.07, 6.45) is 4.87. The van der Waals surface area contributed by atoms with E-state index in [9.17, 15) is 0 Å². The first-order valence-electron chi connectivity index (χ1n) is 7.39. The second-order valence-corrected chi connectivity index (χ2v) is 6.50. The minimum Gasteiger partial charge on any atom is -0.326 e. The van der Waals surface area contributed by atoms with Gasteiger partial charge in [0.2, 0.25) is 0 Å². The number of nitrogens with zero attached hydrogens (tertiary/aromatic N) is 1. The molecule has 1 aliphatic rings. The van der Waals surface area contributed by atoms with Crippen LogP contribution in [0.2, 0.25) is 0 Å². The molecule has 0 aromatic heterocycles. The molecule has 1 aliphatic heterocycles. The van der Waals surface area contributed by atoms with E-state index < -0.39 is 0 Å². The average Bonchev–Trinajstić information content (AvgIpc) is 2.56. The maximum Gasteiger partial charge on any atom is 0.0499 e. The molecule has 0 amide bonds. The van der Waals surface area contributed by atoms with Crippen molar-refractivity contribution < 1.29 is 0 Å². The zero-order valence-corrected chi connectivity index (χ0v) is 13.6. The number of halogens is 1. The second-order valence-electron chi connectivity index (χ2n) is 5.65. The summed E-state index contributed by atoms with van der Waals surface area (Å²) < 4.78 is 1.18. The van der Waals surface area contributed by atoms with E-state index in [1.165, 1.54) is 41.4 Å². The molecule has 3 heteroatoms. The molecule has 19 heavy (non-hydrogen) atoms. The number of likely N-dealkylation sites (tertiary alicyclic amines) is 1. The number of nitrogens with two attached hydrogens (primary N) is 1. The van der Waals surface area contributed by atoms with E-state index in [-0.39, 0.29) is 6.04 Å². The van der Waals surface area contributed by atoms with E-state index in [2.05, 4.69) is 52.9 Å². The van der Waals surface area contributed by atoms with Gasteiger partial charge >= 0.3 is 0 Å². The molecular weight excluding hydrogens is 300 g/mol. The van der Waals surface area contributed by atoms with Crippen LogP contribution in [-0.2, 0) is 0 Å². The molecule has 1 heterocycles. The van der Waals surface area contributed by atoms with Crippen molar-refractivity contribution in [2.45, 2.75) is 51.6 Å². The molecule has 0 saturated carbocycles. The third kappa shape index (κ3) is 3.59. The molecule has 2 atom stereocenters. The van der Waals surface area contributed by atoms with Crippen LogP contribution in [-0.4, -0.2) is 24.0 Å². The zero-order chi connectivity index (χ0) is 13.8. The molecule has 0 radical (unpaired) electrons. The van der Waals surface area contributed by atoms with Gasteiger partial charge in [-0.05, 0) is 56.5 Å². The fourth-order valence-corrected chi connectivity index (χ4v) is 3.36. The molecule has 2 nitrogen and oxygen atoms in total. The van der Waals surface area contributed by atoms with Crippen LogP contribution in [0.5, 0.6) is 0 Å². The predicted molar refractivity (Wildman–Crippen MR) is 85.3 cm³/mol. The Morgan fingerprint density at radius 2 is 2.16 bits per heavy atom. The van der Waals surface area contributed by atoms with E-state index in [0.717, 1.165) is 13.0 Å². The highest BCUT2D eigenvalue weighted by molar-refractivity contribution is 9.10. The topological polar surface area (TPSA) is 29.3 Å². The largest absolute Gasteiger partial charge is 0.326 e. The van der Waals surface area contributed by atoms with Crippen LogP contribution in [0.1, 0.15) is 49.8 Å². The monoisotopic (exact) mass is 324 g/mol. The first-order chi connectivity index (χ1) is 9.13. The Balaban J connectivity index is 2.31. The Kier molecular flexibility index (Phi) is 5.43. The van der Waals surface area contributed by atoms with Crippen molar-refractivity contribution in [3.05, 3.63) is 33.8 Å². The summed E-state index contributed by atoms with van der Waals surface area (Å²) in [5.74, 6) is 0. The van der Waals surface area contributed by atoms with Crippen molar-refractivity contribution in [1.29, 1.82) is 0 Å². The van der Waals surface area contributed by atoms with Crippen LogP contribution >= 0.6 is 15.9 Å². The molecule has 1 aromatic rings. The number of hydrogen-bond donors (Lipinski definition) is 1. The normalized spacial score (nSPS) is 25.3.